The van der Waals surface area contributed by atoms with Crippen LogP contribution >= 0.6 is 11.8 Å². The standard InChI is InChI=1S/C14H19N3OS/c1-9(2)12(15)13-16-17-14(18-13)19-8-11-7-5-4-6-10(11)3/h4-7,9,12H,8,15H2,1-3H3/t12-/m0/s1. The van der Waals surface area contributed by atoms with Crippen molar-refractivity contribution in [2.75, 3.05) is 0 Å². The number of benzene rings is 1. The fraction of sp³-hybridized carbons (Fsp3) is 0.429. The van der Waals surface area contributed by atoms with Gasteiger partial charge in [0.15, 0.2) is 0 Å². The summed E-state index contributed by atoms with van der Waals surface area (Å²) in [6.07, 6.45) is 0. The molecule has 0 saturated carbocycles. The van der Waals surface area contributed by atoms with Crippen LogP contribution in [0.15, 0.2) is 33.9 Å². The molecule has 1 aromatic carbocycles. The van der Waals surface area contributed by atoms with Crippen LogP contribution in [0.5, 0.6) is 0 Å². The van der Waals surface area contributed by atoms with Gasteiger partial charge in [-0.15, -0.1) is 10.2 Å². The summed E-state index contributed by atoms with van der Waals surface area (Å²) in [5.74, 6) is 1.63. The molecule has 0 saturated heterocycles. The molecule has 0 radical (unpaired) electrons. The summed E-state index contributed by atoms with van der Waals surface area (Å²) in [6.45, 7) is 6.17. The van der Waals surface area contributed by atoms with Gasteiger partial charge in [-0.3, -0.25) is 0 Å². The molecule has 2 N–H and O–H groups in total. The fourth-order valence-corrected chi connectivity index (χ4v) is 2.46. The number of aromatic nitrogens is 2. The van der Waals surface area contributed by atoms with Crippen LogP contribution in [0.3, 0.4) is 0 Å². The zero-order valence-corrected chi connectivity index (χ0v) is 12.3. The molecule has 5 heteroatoms. The van der Waals surface area contributed by atoms with Crippen molar-refractivity contribution in [1.82, 2.24) is 10.2 Å². The van der Waals surface area contributed by atoms with Crippen molar-refractivity contribution in [3.63, 3.8) is 0 Å². The van der Waals surface area contributed by atoms with Crippen LogP contribution in [0.2, 0.25) is 0 Å². The lowest BCUT2D eigenvalue weighted by molar-refractivity contribution is 0.349. The van der Waals surface area contributed by atoms with E-state index in [2.05, 4.69) is 29.3 Å². The van der Waals surface area contributed by atoms with E-state index in [4.69, 9.17) is 10.2 Å². The molecule has 2 aromatic rings. The number of thioether (sulfide) groups is 1. The number of hydrogen-bond donors (Lipinski definition) is 1. The first kappa shape index (κ1) is 14.1. The topological polar surface area (TPSA) is 64.9 Å². The molecule has 0 bridgehead atoms. The predicted molar refractivity (Wildman–Crippen MR) is 76.8 cm³/mol. The van der Waals surface area contributed by atoms with Gasteiger partial charge in [0.05, 0.1) is 6.04 Å². The number of rotatable bonds is 5. The van der Waals surface area contributed by atoms with Crippen LogP contribution in [0.25, 0.3) is 0 Å². The van der Waals surface area contributed by atoms with E-state index in [1.54, 1.807) is 11.8 Å². The van der Waals surface area contributed by atoms with Crippen molar-refractivity contribution in [2.24, 2.45) is 11.7 Å². The normalized spacial score (nSPS) is 12.9. The molecule has 19 heavy (non-hydrogen) atoms. The lowest BCUT2D eigenvalue weighted by Gasteiger charge is -2.09. The lowest BCUT2D eigenvalue weighted by Crippen LogP contribution is -2.16. The van der Waals surface area contributed by atoms with E-state index in [-0.39, 0.29) is 12.0 Å². The molecule has 0 unspecified atom stereocenters. The van der Waals surface area contributed by atoms with Crippen LogP contribution < -0.4 is 5.73 Å². The number of nitrogens with zero attached hydrogens (tertiary/aromatic N) is 2. The van der Waals surface area contributed by atoms with E-state index >= 15 is 0 Å². The number of nitrogens with two attached hydrogens (primary N) is 1. The Bertz CT molecular complexity index is 539. The first-order chi connectivity index (χ1) is 9.08. The van der Waals surface area contributed by atoms with Gasteiger partial charge in [0.1, 0.15) is 0 Å². The Kier molecular flexibility index (Phi) is 4.61. The monoisotopic (exact) mass is 277 g/mol. The van der Waals surface area contributed by atoms with E-state index < -0.39 is 0 Å². The van der Waals surface area contributed by atoms with Crippen molar-refractivity contribution in [1.29, 1.82) is 0 Å². The molecule has 1 atom stereocenters. The number of aryl methyl sites for hydroxylation is 1. The van der Waals surface area contributed by atoms with Crippen molar-refractivity contribution < 1.29 is 4.42 Å². The third-order valence-corrected chi connectivity index (χ3v) is 3.91. The van der Waals surface area contributed by atoms with Gasteiger partial charge in [0.2, 0.25) is 5.89 Å². The molecule has 2 rings (SSSR count). The second-order valence-electron chi connectivity index (χ2n) is 4.89. The van der Waals surface area contributed by atoms with Crippen LogP contribution in [0.1, 0.15) is 36.9 Å². The minimum Gasteiger partial charge on any atom is -0.414 e. The van der Waals surface area contributed by atoms with Crippen LogP contribution in [-0.2, 0) is 5.75 Å². The van der Waals surface area contributed by atoms with E-state index in [0.29, 0.717) is 11.1 Å². The maximum atomic E-state index is 5.98. The average molecular weight is 277 g/mol. The van der Waals surface area contributed by atoms with Crippen LogP contribution in [-0.4, -0.2) is 10.2 Å². The molecule has 102 valence electrons. The van der Waals surface area contributed by atoms with E-state index in [1.807, 2.05) is 26.0 Å². The Morgan fingerprint density at radius 2 is 2.00 bits per heavy atom. The van der Waals surface area contributed by atoms with Crippen molar-refractivity contribution in [3.8, 4) is 0 Å². The Balaban J connectivity index is 1.99. The predicted octanol–water partition coefficient (Wildman–Crippen LogP) is 3.33. The van der Waals surface area contributed by atoms with Gasteiger partial charge >= 0.3 is 0 Å². The molecule has 0 spiro atoms. The zero-order chi connectivity index (χ0) is 13.8. The summed E-state index contributed by atoms with van der Waals surface area (Å²) in [6, 6.07) is 8.09. The van der Waals surface area contributed by atoms with Gasteiger partial charge in [-0.05, 0) is 24.0 Å². The molecule has 1 aromatic heterocycles. The Labute approximate surface area is 117 Å². The minimum atomic E-state index is -0.194. The third-order valence-electron chi connectivity index (χ3n) is 3.04. The number of hydrogen-bond acceptors (Lipinski definition) is 5. The summed E-state index contributed by atoms with van der Waals surface area (Å²) < 4.78 is 5.58. The Hall–Kier alpha value is -1.33. The summed E-state index contributed by atoms with van der Waals surface area (Å²) in [4.78, 5) is 0. The highest BCUT2D eigenvalue weighted by Gasteiger charge is 2.17. The highest BCUT2D eigenvalue weighted by Crippen LogP contribution is 2.25. The van der Waals surface area contributed by atoms with Crippen LogP contribution in [0.4, 0.5) is 0 Å². The van der Waals surface area contributed by atoms with E-state index in [0.717, 1.165) is 5.75 Å². The highest BCUT2D eigenvalue weighted by atomic mass is 32.2. The molecule has 4 nitrogen and oxygen atoms in total. The van der Waals surface area contributed by atoms with Crippen LogP contribution in [0, 0.1) is 12.8 Å². The van der Waals surface area contributed by atoms with Crippen molar-refractivity contribution in [3.05, 3.63) is 41.3 Å². The SMILES string of the molecule is Cc1ccccc1CSc1nnc([C@@H](N)C(C)C)o1. The molecule has 0 fully saturated rings. The van der Waals surface area contributed by atoms with Gasteiger partial charge in [0.25, 0.3) is 5.22 Å². The van der Waals surface area contributed by atoms with E-state index in [1.165, 1.54) is 11.1 Å². The molecular formula is C14H19N3OS. The van der Waals surface area contributed by atoms with Gasteiger partial charge in [-0.1, -0.05) is 49.9 Å². The second-order valence-corrected chi connectivity index (χ2v) is 5.82. The maximum Gasteiger partial charge on any atom is 0.276 e. The quantitative estimate of drug-likeness (QED) is 0.849. The van der Waals surface area contributed by atoms with Gasteiger partial charge in [-0.2, -0.15) is 0 Å². The minimum absolute atomic E-state index is 0.194. The molecule has 0 aliphatic rings. The third kappa shape index (κ3) is 3.58. The Morgan fingerprint density at radius 3 is 2.68 bits per heavy atom. The summed E-state index contributed by atoms with van der Waals surface area (Å²) in [5, 5.41) is 8.62. The van der Waals surface area contributed by atoms with Crippen molar-refractivity contribution in [2.45, 2.75) is 37.8 Å². The zero-order valence-electron chi connectivity index (χ0n) is 11.5. The van der Waals surface area contributed by atoms with Gasteiger partial charge in [-0.25, -0.2) is 0 Å². The maximum absolute atomic E-state index is 5.98. The Morgan fingerprint density at radius 1 is 1.26 bits per heavy atom. The van der Waals surface area contributed by atoms with Gasteiger partial charge < -0.3 is 10.2 Å². The smallest absolute Gasteiger partial charge is 0.276 e. The highest BCUT2D eigenvalue weighted by molar-refractivity contribution is 7.98. The first-order valence-electron chi connectivity index (χ1n) is 6.34. The summed E-state index contributed by atoms with van der Waals surface area (Å²) >= 11 is 1.54. The fourth-order valence-electron chi connectivity index (χ4n) is 1.61. The molecular weight excluding hydrogens is 258 g/mol. The molecule has 1 heterocycles. The average Bonchev–Trinajstić information content (AvgIpc) is 2.85. The lowest BCUT2D eigenvalue weighted by atomic mass is 10.1. The van der Waals surface area contributed by atoms with Crippen molar-refractivity contribution >= 4 is 11.8 Å². The summed E-state index contributed by atoms with van der Waals surface area (Å²) in [5.41, 5.74) is 8.53. The molecule has 0 aliphatic carbocycles. The summed E-state index contributed by atoms with van der Waals surface area (Å²) in [7, 11) is 0. The largest absolute Gasteiger partial charge is 0.414 e. The first-order valence-corrected chi connectivity index (χ1v) is 7.32. The second kappa shape index (κ2) is 6.21. The van der Waals surface area contributed by atoms with Gasteiger partial charge in [0, 0.05) is 5.75 Å². The molecule has 0 aliphatic heterocycles. The molecule has 0 amide bonds. The van der Waals surface area contributed by atoms with E-state index in [9.17, 15) is 0 Å².